The average Bonchev–Trinajstić information content (AvgIpc) is 2.46. The van der Waals surface area contributed by atoms with Crippen LogP contribution in [0.2, 0.25) is 0 Å². The van der Waals surface area contributed by atoms with Crippen molar-refractivity contribution < 1.29 is 9.90 Å². The van der Waals surface area contributed by atoms with E-state index in [2.05, 4.69) is 0 Å². The lowest BCUT2D eigenvalue weighted by atomic mass is 10.1. The Morgan fingerprint density at radius 1 is 1.00 bits per heavy atom. The zero-order valence-corrected chi connectivity index (χ0v) is 10.6. The van der Waals surface area contributed by atoms with E-state index in [4.69, 9.17) is 0 Å². The lowest BCUT2D eigenvalue weighted by Crippen LogP contribution is -2.08. The highest BCUT2D eigenvalue weighted by atomic mass is 32.2. The van der Waals surface area contributed by atoms with Gasteiger partial charge in [0.05, 0.1) is 0 Å². The van der Waals surface area contributed by atoms with E-state index in [1.54, 1.807) is 12.1 Å². The van der Waals surface area contributed by atoms with Gasteiger partial charge in [-0.3, -0.25) is 4.79 Å². The summed E-state index contributed by atoms with van der Waals surface area (Å²) in [4.78, 5) is 11.8. The van der Waals surface area contributed by atoms with Gasteiger partial charge in [0, 0.05) is 5.75 Å². The third-order valence-electron chi connectivity index (χ3n) is 2.56. The van der Waals surface area contributed by atoms with Gasteiger partial charge in [0.1, 0.15) is 6.10 Å². The van der Waals surface area contributed by atoms with E-state index in [-0.39, 0.29) is 5.12 Å². The Balaban J connectivity index is 1.93. The predicted molar refractivity (Wildman–Crippen MR) is 74.1 cm³/mol. The van der Waals surface area contributed by atoms with Crippen molar-refractivity contribution in [1.29, 1.82) is 0 Å². The zero-order chi connectivity index (χ0) is 12.8. The Bertz CT molecular complexity index is 496. The molecule has 2 rings (SSSR count). The van der Waals surface area contributed by atoms with E-state index in [0.29, 0.717) is 11.3 Å². The molecular formula is C15H14O2S. The van der Waals surface area contributed by atoms with Gasteiger partial charge in [0.2, 0.25) is 5.12 Å². The summed E-state index contributed by atoms with van der Waals surface area (Å²) in [7, 11) is 0. The number of thioether (sulfide) groups is 1. The molecule has 0 saturated carbocycles. The van der Waals surface area contributed by atoms with E-state index in [0.717, 1.165) is 17.3 Å². The number of carbonyl (C=O) groups excluding carboxylic acids is 1. The summed E-state index contributed by atoms with van der Waals surface area (Å²) in [5.74, 6) is 0.587. The van der Waals surface area contributed by atoms with E-state index < -0.39 is 6.10 Å². The maximum Gasteiger partial charge on any atom is 0.222 e. The first-order chi connectivity index (χ1) is 8.77. The van der Waals surface area contributed by atoms with Crippen molar-refractivity contribution in [1.82, 2.24) is 0 Å². The van der Waals surface area contributed by atoms with Gasteiger partial charge in [-0.05, 0) is 11.1 Å². The number of rotatable bonds is 4. The first-order valence-electron chi connectivity index (χ1n) is 5.71. The molecule has 2 nitrogen and oxygen atoms in total. The maximum atomic E-state index is 11.8. The summed E-state index contributed by atoms with van der Waals surface area (Å²) in [5.41, 5.74) is 1.72. The topological polar surface area (TPSA) is 37.3 Å². The van der Waals surface area contributed by atoms with Crippen LogP contribution >= 0.6 is 11.8 Å². The van der Waals surface area contributed by atoms with Crippen LogP contribution in [-0.2, 0) is 10.5 Å². The van der Waals surface area contributed by atoms with Crippen molar-refractivity contribution in [3.63, 3.8) is 0 Å². The van der Waals surface area contributed by atoms with Gasteiger partial charge < -0.3 is 5.11 Å². The standard InChI is InChI=1S/C15H14O2S/c16-14(13-9-5-2-6-10-13)15(17)18-11-12-7-3-1-4-8-12/h1-10,14,16H,11H2/t14-/m1/s1. The molecule has 2 aromatic carbocycles. The fourth-order valence-electron chi connectivity index (χ4n) is 1.58. The van der Waals surface area contributed by atoms with E-state index in [9.17, 15) is 9.90 Å². The molecule has 0 radical (unpaired) electrons. The second-order valence-corrected chi connectivity index (χ2v) is 4.89. The van der Waals surface area contributed by atoms with Crippen LogP contribution in [0.4, 0.5) is 0 Å². The summed E-state index contributed by atoms with van der Waals surface area (Å²) in [6.07, 6.45) is -1.04. The van der Waals surface area contributed by atoms with Gasteiger partial charge in [-0.1, -0.05) is 72.4 Å². The van der Waals surface area contributed by atoms with Crippen LogP contribution in [0, 0.1) is 0 Å². The van der Waals surface area contributed by atoms with E-state index in [1.807, 2.05) is 48.5 Å². The van der Waals surface area contributed by atoms with Gasteiger partial charge in [-0.15, -0.1) is 0 Å². The summed E-state index contributed by atoms with van der Waals surface area (Å²) >= 11 is 1.14. The lowest BCUT2D eigenvalue weighted by molar-refractivity contribution is -0.118. The molecule has 0 aromatic heterocycles. The van der Waals surface area contributed by atoms with Crippen molar-refractivity contribution in [3.05, 3.63) is 71.8 Å². The minimum Gasteiger partial charge on any atom is -0.380 e. The van der Waals surface area contributed by atoms with Crippen LogP contribution in [0.25, 0.3) is 0 Å². The Kier molecular flexibility index (Phi) is 4.56. The number of hydrogen-bond acceptors (Lipinski definition) is 3. The van der Waals surface area contributed by atoms with Crippen LogP contribution < -0.4 is 0 Å². The van der Waals surface area contributed by atoms with E-state index in [1.165, 1.54) is 0 Å². The van der Waals surface area contributed by atoms with Crippen LogP contribution in [0.15, 0.2) is 60.7 Å². The zero-order valence-electron chi connectivity index (χ0n) is 9.82. The highest BCUT2D eigenvalue weighted by molar-refractivity contribution is 8.13. The monoisotopic (exact) mass is 258 g/mol. The number of carbonyl (C=O) groups is 1. The first-order valence-corrected chi connectivity index (χ1v) is 6.69. The quantitative estimate of drug-likeness (QED) is 0.915. The van der Waals surface area contributed by atoms with Crippen molar-refractivity contribution >= 4 is 16.9 Å². The molecule has 0 bridgehead atoms. The number of hydrogen-bond donors (Lipinski definition) is 1. The lowest BCUT2D eigenvalue weighted by Gasteiger charge is -2.09. The number of benzene rings is 2. The Hall–Kier alpha value is -1.58. The highest BCUT2D eigenvalue weighted by Crippen LogP contribution is 2.22. The molecule has 92 valence electrons. The molecule has 0 amide bonds. The smallest absolute Gasteiger partial charge is 0.222 e. The van der Waals surface area contributed by atoms with Crippen LogP contribution in [0.3, 0.4) is 0 Å². The minimum atomic E-state index is -1.04. The Labute approximate surface area is 111 Å². The second kappa shape index (κ2) is 6.38. The molecule has 1 atom stereocenters. The van der Waals surface area contributed by atoms with Crippen LogP contribution in [0.5, 0.6) is 0 Å². The number of aliphatic hydroxyl groups excluding tert-OH is 1. The SMILES string of the molecule is O=C(SCc1ccccc1)[C@H](O)c1ccccc1. The average molecular weight is 258 g/mol. The Morgan fingerprint density at radius 3 is 2.17 bits per heavy atom. The van der Waals surface area contributed by atoms with Crippen molar-refractivity contribution in [2.75, 3.05) is 0 Å². The Morgan fingerprint density at radius 2 is 1.56 bits per heavy atom. The van der Waals surface area contributed by atoms with Crippen molar-refractivity contribution in [3.8, 4) is 0 Å². The predicted octanol–water partition coefficient (Wildman–Crippen LogP) is 3.18. The summed E-state index contributed by atoms with van der Waals surface area (Å²) in [6, 6.07) is 18.7. The van der Waals surface area contributed by atoms with Gasteiger partial charge >= 0.3 is 0 Å². The second-order valence-electron chi connectivity index (χ2n) is 3.91. The normalized spacial score (nSPS) is 12.1. The molecule has 3 heteroatoms. The fourth-order valence-corrected chi connectivity index (χ4v) is 2.37. The summed E-state index contributed by atoms with van der Waals surface area (Å²) in [6.45, 7) is 0. The summed E-state index contributed by atoms with van der Waals surface area (Å²) < 4.78 is 0. The number of aliphatic hydroxyl groups is 1. The van der Waals surface area contributed by atoms with Crippen molar-refractivity contribution in [2.45, 2.75) is 11.9 Å². The van der Waals surface area contributed by atoms with Gasteiger partial charge in [0.15, 0.2) is 0 Å². The minimum absolute atomic E-state index is 0.218. The van der Waals surface area contributed by atoms with Gasteiger partial charge in [0.25, 0.3) is 0 Å². The molecule has 0 saturated heterocycles. The fraction of sp³-hybridized carbons (Fsp3) is 0.133. The molecule has 0 aliphatic carbocycles. The largest absolute Gasteiger partial charge is 0.380 e. The molecule has 1 N–H and O–H groups in total. The molecule has 0 aliphatic heterocycles. The molecule has 0 unspecified atom stereocenters. The molecule has 0 spiro atoms. The van der Waals surface area contributed by atoms with Crippen LogP contribution in [0.1, 0.15) is 17.2 Å². The molecule has 0 heterocycles. The van der Waals surface area contributed by atoms with Gasteiger partial charge in [-0.2, -0.15) is 0 Å². The third kappa shape index (κ3) is 3.45. The molecule has 0 fully saturated rings. The van der Waals surface area contributed by atoms with E-state index >= 15 is 0 Å². The molecular weight excluding hydrogens is 244 g/mol. The van der Waals surface area contributed by atoms with Gasteiger partial charge in [-0.25, -0.2) is 0 Å². The maximum absolute atomic E-state index is 11.8. The molecule has 0 aliphatic rings. The first kappa shape index (κ1) is 12.9. The van der Waals surface area contributed by atoms with Crippen molar-refractivity contribution in [2.24, 2.45) is 0 Å². The summed E-state index contributed by atoms with van der Waals surface area (Å²) in [5, 5.41) is 9.68. The highest BCUT2D eigenvalue weighted by Gasteiger charge is 2.17. The third-order valence-corrected chi connectivity index (χ3v) is 3.55. The molecule has 18 heavy (non-hydrogen) atoms. The van der Waals surface area contributed by atoms with Crippen LogP contribution in [-0.4, -0.2) is 10.2 Å². The molecule has 2 aromatic rings.